The molecule has 0 heterocycles. The summed E-state index contributed by atoms with van der Waals surface area (Å²) in [5, 5.41) is 0.699. The van der Waals surface area contributed by atoms with Crippen molar-refractivity contribution in [3.63, 3.8) is 0 Å². The number of halogens is 1. The quantitative estimate of drug-likeness (QED) is 0.621. The number of carbonyl (C=O) groups is 1. The summed E-state index contributed by atoms with van der Waals surface area (Å²) in [4.78, 5) is 10.7. The normalized spacial score (nSPS) is 9.35. The summed E-state index contributed by atoms with van der Waals surface area (Å²) in [6.07, 6.45) is 0.690. The monoisotopic (exact) mass is 268 g/mol. The minimum absolute atomic E-state index is 0.125. The Bertz CT molecular complexity index is 460. The summed E-state index contributed by atoms with van der Waals surface area (Å²) in [6.45, 7) is 1.56. The van der Waals surface area contributed by atoms with Gasteiger partial charge in [-0.1, -0.05) is 35.2 Å². The van der Waals surface area contributed by atoms with E-state index in [0.29, 0.717) is 17.2 Å². The number of ether oxygens (including phenoxy) is 1. The summed E-state index contributed by atoms with van der Waals surface area (Å²) in [5.74, 6) is 7.36. The predicted octanol–water partition coefficient (Wildman–Crippen LogP) is 3.37. The van der Waals surface area contributed by atoms with Gasteiger partial charge in [0.05, 0.1) is 12.1 Å². The summed E-state index contributed by atoms with van der Waals surface area (Å²) in [7, 11) is 1.57. The Balaban J connectivity index is 2.57. The maximum atomic E-state index is 10.7. The average Bonchev–Trinajstić information content (AvgIpc) is 2.30. The summed E-state index contributed by atoms with van der Waals surface area (Å²) in [5.41, 5.74) is 0.860. The van der Waals surface area contributed by atoms with Gasteiger partial charge in [-0.15, -0.1) is 0 Å². The van der Waals surface area contributed by atoms with Crippen molar-refractivity contribution in [3.05, 3.63) is 28.8 Å². The van der Waals surface area contributed by atoms with E-state index in [1.165, 1.54) is 11.8 Å². The van der Waals surface area contributed by atoms with Crippen LogP contribution in [0.15, 0.2) is 18.2 Å². The molecule has 0 aliphatic carbocycles. The molecule has 2 nitrogen and oxygen atoms in total. The predicted molar refractivity (Wildman–Crippen MR) is 72.6 cm³/mol. The third kappa shape index (κ3) is 5.16. The molecule has 0 spiro atoms. The highest BCUT2D eigenvalue weighted by Gasteiger charge is 1.99. The molecule has 17 heavy (non-hydrogen) atoms. The van der Waals surface area contributed by atoms with Crippen LogP contribution in [0.2, 0.25) is 5.02 Å². The van der Waals surface area contributed by atoms with Gasteiger partial charge in [-0.25, -0.2) is 0 Å². The molecule has 4 heteroatoms. The van der Waals surface area contributed by atoms with Crippen LogP contribution in [-0.2, 0) is 4.79 Å². The highest BCUT2D eigenvalue weighted by molar-refractivity contribution is 8.13. The number of hydrogen-bond donors (Lipinski definition) is 0. The molecule has 0 N–H and O–H groups in total. The van der Waals surface area contributed by atoms with Crippen LogP contribution in [0.5, 0.6) is 5.75 Å². The second kappa shape index (κ2) is 7.26. The van der Waals surface area contributed by atoms with Crippen LogP contribution in [0.4, 0.5) is 0 Å². The molecular formula is C13H13ClO2S. The highest BCUT2D eigenvalue weighted by Crippen LogP contribution is 2.24. The lowest BCUT2D eigenvalue weighted by Crippen LogP contribution is -1.86. The van der Waals surface area contributed by atoms with Crippen LogP contribution in [0.25, 0.3) is 0 Å². The Morgan fingerprint density at radius 1 is 1.53 bits per heavy atom. The van der Waals surface area contributed by atoms with E-state index in [1.807, 2.05) is 6.07 Å². The van der Waals surface area contributed by atoms with Gasteiger partial charge in [0.1, 0.15) is 5.75 Å². The van der Waals surface area contributed by atoms with E-state index in [9.17, 15) is 4.79 Å². The first-order valence-corrected chi connectivity index (χ1v) is 6.45. The number of rotatable bonds is 3. The maximum absolute atomic E-state index is 10.7. The molecule has 0 saturated carbocycles. The van der Waals surface area contributed by atoms with Crippen molar-refractivity contribution in [2.24, 2.45) is 0 Å². The minimum Gasteiger partial charge on any atom is -0.495 e. The van der Waals surface area contributed by atoms with Crippen molar-refractivity contribution in [3.8, 4) is 17.6 Å². The molecule has 0 aliphatic rings. The van der Waals surface area contributed by atoms with E-state index >= 15 is 0 Å². The van der Waals surface area contributed by atoms with E-state index in [0.717, 1.165) is 11.3 Å². The van der Waals surface area contributed by atoms with Crippen molar-refractivity contribution in [2.75, 3.05) is 12.9 Å². The Kier molecular flexibility index (Phi) is 5.96. The average molecular weight is 269 g/mol. The van der Waals surface area contributed by atoms with Gasteiger partial charge in [-0.2, -0.15) is 0 Å². The molecule has 0 amide bonds. The van der Waals surface area contributed by atoms with Gasteiger partial charge in [-0.05, 0) is 18.2 Å². The van der Waals surface area contributed by atoms with Crippen LogP contribution in [-0.4, -0.2) is 18.0 Å². The third-order valence-corrected chi connectivity index (χ3v) is 3.04. The van der Waals surface area contributed by atoms with Gasteiger partial charge in [0.2, 0.25) is 0 Å². The van der Waals surface area contributed by atoms with Crippen molar-refractivity contribution in [2.45, 2.75) is 13.3 Å². The first-order valence-electron chi connectivity index (χ1n) is 5.09. The molecule has 90 valence electrons. The standard InChI is InChI=1S/C13H13ClO2S/c1-10(15)17-8-4-3-5-11-6-7-12(14)13(9-11)16-2/h6-7,9H,4,8H2,1-2H3. The Hall–Kier alpha value is -1.11. The lowest BCUT2D eigenvalue weighted by Gasteiger charge is -2.02. The molecule has 0 saturated heterocycles. The zero-order chi connectivity index (χ0) is 12.7. The van der Waals surface area contributed by atoms with E-state index in [4.69, 9.17) is 16.3 Å². The molecule has 1 aromatic carbocycles. The molecule has 0 bridgehead atoms. The fourth-order valence-electron chi connectivity index (χ4n) is 1.15. The Morgan fingerprint density at radius 3 is 2.94 bits per heavy atom. The Morgan fingerprint density at radius 2 is 2.29 bits per heavy atom. The number of benzene rings is 1. The van der Waals surface area contributed by atoms with Crippen LogP contribution in [0.1, 0.15) is 18.9 Å². The SMILES string of the molecule is COc1cc(C#CCCSC(C)=O)ccc1Cl. The fourth-order valence-corrected chi connectivity index (χ4v) is 1.83. The first-order chi connectivity index (χ1) is 8.13. The van der Waals surface area contributed by atoms with Crippen LogP contribution < -0.4 is 4.74 Å². The molecule has 1 rings (SSSR count). The zero-order valence-corrected chi connectivity index (χ0v) is 11.3. The number of hydrogen-bond acceptors (Lipinski definition) is 3. The van der Waals surface area contributed by atoms with E-state index in [1.54, 1.807) is 26.2 Å². The second-order valence-electron chi connectivity index (χ2n) is 3.24. The van der Waals surface area contributed by atoms with Gasteiger partial charge < -0.3 is 4.74 Å². The van der Waals surface area contributed by atoms with E-state index in [-0.39, 0.29) is 5.12 Å². The molecule has 0 unspecified atom stereocenters. The second-order valence-corrected chi connectivity index (χ2v) is 4.92. The molecule has 0 fully saturated rings. The first kappa shape index (κ1) is 14.0. The van der Waals surface area contributed by atoms with Crippen molar-refractivity contribution < 1.29 is 9.53 Å². The lowest BCUT2D eigenvalue weighted by atomic mass is 10.2. The summed E-state index contributed by atoms with van der Waals surface area (Å²) >= 11 is 7.19. The minimum atomic E-state index is 0.125. The smallest absolute Gasteiger partial charge is 0.185 e. The van der Waals surface area contributed by atoms with E-state index < -0.39 is 0 Å². The van der Waals surface area contributed by atoms with Gasteiger partial charge in [0.25, 0.3) is 0 Å². The molecule has 0 aliphatic heterocycles. The summed E-state index contributed by atoms with van der Waals surface area (Å²) in [6, 6.07) is 5.40. The van der Waals surface area contributed by atoms with Gasteiger partial charge >= 0.3 is 0 Å². The fraction of sp³-hybridized carbons (Fsp3) is 0.308. The van der Waals surface area contributed by atoms with Gasteiger partial charge in [0, 0.05) is 24.7 Å². The topological polar surface area (TPSA) is 26.3 Å². The number of carbonyl (C=O) groups excluding carboxylic acids is 1. The Labute approximate surface area is 111 Å². The molecular weight excluding hydrogens is 256 g/mol. The summed E-state index contributed by atoms with van der Waals surface area (Å²) < 4.78 is 5.10. The lowest BCUT2D eigenvalue weighted by molar-refractivity contribution is -0.109. The third-order valence-electron chi connectivity index (χ3n) is 1.92. The highest BCUT2D eigenvalue weighted by atomic mass is 35.5. The molecule has 0 radical (unpaired) electrons. The maximum Gasteiger partial charge on any atom is 0.185 e. The number of methoxy groups -OCH3 is 1. The largest absolute Gasteiger partial charge is 0.495 e. The van der Waals surface area contributed by atoms with Crippen molar-refractivity contribution in [1.29, 1.82) is 0 Å². The van der Waals surface area contributed by atoms with Gasteiger partial charge in [0.15, 0.2) is 5.12 Å². The van der Waals surface area contributed by atoms with Crippen molar-refractivity contribution in [1.82, 2.24) is 0 Å². The number of thioether (sulfide) groups is 1. The van der Waals surface area contributed by atoms with E-state index in [2.05, 4.69) is 11.8 Å². The van der Waals surface area contributed by atoms with Crippen LogP contribution in [0.3, 0.4) is 0 Å². The van der Waals surface area contributed by atoms with Gasteiger partial charge in [-0.3, -0.25) is 4.79 Å². The molecule has 0 aromatic heterocycles. The zero-order valence-electron chi connectivity index (χ0n) is 9.75. The van der Waals surface area contributed by atoms with Crippen LogP contribution in [0, 0.1) is 11.8 Å². The molecule has 1 aromatic rings. The molecule has 0 atom stereocenters. The van der Waals surface area contributed by atoms with Crippen LogP contribution >= 0.6 is 23.4 Å². The van der Waals surface area contributed by atoms with Crippen molar-refractivity contribution >= 4 is 28.5 Å².